The summed E-state index contributed by atoms with van der Waals surface area (Å²) in [7, 11) is 1.32. The van der Waals surface area contributed by atoms with Gasteiger partial charge in [-0.3, -0.25) is 4.98 Å². The normalized spacial score (nSPS) is 16.0. The molecule has 0 bridgehead atoms. The van der Waals surface area contributed by atoms with E-state index in [9.17, 15) is 9.90 Å². The smallest absolute Gasteiger partial charge is 0.339 e. The monoisotopic (exact) mass is 615 g/mol. The van der Waals surface area contributed by atoms with E-state index < -0.39 is 11.6 Å². The minimum Gasteiger partial charge on any atom is -0.489 e. The number of rotatable bonds is 8. The van der Waals surface area contributed by atoms with Gasteiger partial charge in [0, 0.05) is 27.8 Å². The Bertz CT molecular complexity index is 1580. The van der Waals surface area contributed by atoms with Crippen LogP contribution in [0.25, 0.3) is 11.3 Å². The number of halogens is 3. The second kappa shape index (κ2) is 10.8. The second-order valence-electron chi connectivity index (χ2n) is 9.99. The lowest BCUT2D eigenvalue weighted by Crippen LogP contribution is -2.59. The highest BCUT2D eigenvalue weighted by molar-refractivity contribution is 7.06. The van der Waals surface area contributed by atoms with Crippen LogP contribution in [0.4, 0.5) is 5.69 Å². The first-order chi connectivity index (χ1) is 19.3. The number of esters is 1. The Balaban J connectivity index is 1.18. The lowest BCUT2D eigenvalue weighted by atomic mass is 9.85. The second-order valence-corrected chi connectivity index (χ2v) is 12.0. The average molecular weight is 617 g/mol. The topological polar surface area (TPSA) is 84.8 Å². The number of β-amino-alcohol motifs (C(OH)–C–C–N with tert-alkyl or cyclic N) is 1. The molecule has 0 amide bonds. The lowest BCUT2D eigenvalue weighted by Gasteiger charge is -2.48. The number of carbonyl (C=O) groups is 1. The van der Waals surface area contributed by atoms with E-state index in [-0.39, 0.29) is 6.61 Å². The summed E-state index contributed by atoms with van der Waals surface area (Å²) in [6.45, 7) is 0.884. The molecule has 1 N–H and O–H groups in total. The Hall–Kier alpha value is -2.88. The summed E-state index contributed by atoms with van der Waals surface area (Å²) in [5.41, 5.74) is 2.97. The van der Waals surface area contributed by atoms with Gasteiger partial charge in [0.05, 0.1) is 58.4 Å². The van der Waals surface area contributed by atoms with Gasteiger partial charge in [0.15, 0.2) is 0 Å². The van der Waals surface area contributed by atoms with Crippen LogP contribution in [0.15, 0.2) is 54.9 Å². The Kier molecular flexibility index (Phi) is 7.39. The average Bonchev–Trinajstić information content (AvgIpc) is 3.69. The van der Waals surface area contributed by atoms with E-state index in [1.165, 1.54) is 29.7 Å². The first-order valence-electron chi connectivity index (χ1n) is 12.6. The number of carbonyl (C=O) groups excluding carboxylic acids is 1. The number of benzene rings is 2. The van der Waals surface area contributed by atoms with Crippen molar-refractivity contribution in [2.45, 2.75) is 31.0 Å². The molecule has 11 heteroatoms. The van der Waals surface area contributed by atoms with Crippen molar-refractivity contribution < 1.29 is 19.4 Å². The van der Waals surface area contributed by atoms with E-state index in [0.717, 1.165) is 24.1 Å². The SMILES string of the molecule is COC(=O)c1cncc(N2CC(O)(c3ccc(OCc4c(-c5c(Cl)cccc5Cl)nsc4C4CC4)cc3Cl)C2)c1. The van der Waals surface area contributed by atoms with Gasteiger partial charge in [-0.15, -0.1) is 0 Å². The maximum Gasteiger partial charge on any atom is 0.339 e. The van der Waals surface area contributed by atoms with E-state index in [0.29, 0.717) is 62.2 Å². The minimum absolute atomic E-state index is 0.288. The Labute approximate surface area is 250 Å². The summed E-state index contributed by atoms with van der Waals surface area (Å²) in [5, 5.41) is 12.8. The molecule has 0 unspecified atom stereocenters. The Morgan fingerprint density at radius 2 is 1.85 bits per heavy atom. The van der Waals surface area contributed by atoms with Crippen LogP contribution in [0.2, 0.25) is 15.1 Å². The van der Waals surface area contributed by atoms with Gasteiger partial charge in [-0.1, -0.05) is 46.9 Å². The van der Waals surface area contributed by atoms with Gasteiger partial charge >= 0.3 is 5.97 Å². The molecule has 1 saturated heterocycles. The number of hydrogen-bond acceptors (Lipinski definition) is 8. The van der Waals surface area contributed by atoms with Crippen molar-refractivity contribution in [2.75, 3.05) is 25.1 Å². The van der Waals surface area contributed by atoms with Crippen LogP contribution < -0.4 is 9.64 Å². The highest BCUT2D eigenvalue weighted by Crippen LogP contribution is 2.48. The van der Waals surface area contributed by atoms with E-state index in [1.807, 2.05) is 11.0 Å². The Morgan fingerprint density at radius 1 is 1.10 bits per heavy atom. The summed E-state index contributed by atoms with van der Waals surface area (Å²) >= 11 is 21.1. The number of hydrogen-bond donors (Lipinski definition) is 1. The quantitative estimate of drug-likeness (QED) is 0.211. The third-order valence-electron chi connectivity index (χ3n) is 7.21. The van der Waals surface area contributed by atoms with Crippen LogP contribution in [0.5, 0.6) is 5.75 Å². The number of ether oxygens (including phenoxy) is 2. The van der Waals surface area contributed by atoms with Crippen LogP contribution >= 0.6 is 46.3 Å². The van der Waals surface area contributed by atoms with Crippen molar-refractivity contribution >= 4 is 58.0 Å². The van der Waals surface area contributed by atoms with Crippen LogP contribution in [-0.2, 0) is 16.9 Å². The predicted molar refractivity (Wildman–Crippen MR) is 157 cm³/mol. The summed E-state index contributed by atoms with van der Waals surface area (Å²) < 4.78 is 15.7. The third kappa shape index (κ3) is 5.15. The van der Waals surface area contributed by atoms with Crippen LogP contribution in [0.3, 0.4) is 0 Å². The number of aromatic nitrogens is 2. The van der Waals surface area contributed by atoms with Crippen LogP contribution in [-0.4, -0.2) is 40.6 Å². The summed E-state index contributed by atoms with van der Waals surface area (Å²) in [6.07, 6.45) is 5.35. The first-order valence-corrected chi connectivity index (χ1v) is 14.5. The fourth-order valence-electron chi connectivity index (χ4n) is 4.94. The number of anilines is 1. The van der Waals surface area contributed by atoms with Gasteiger partial charge in [-0.25, -0.2) is 4.79 Å². The molecule has 2 aromatic carbocycles. The molecule has 1 saturated carbocycles. The maximum absolute atomic E-state index is 11.8. The van der Waals surface area contributed by atoms with E-state index in [2.05, 4.69) is 4.98 Å². The molecular formula is C29H24Cl3N3O4S. The van der Waals surface area contributed by atoms with Crippen molar-refractivity contribution in [1.82, 2.24) is 9.36 Å². The van der Waals surface area contributed by atoms with Gasteiger partial charge in [0.2, 0.25) is 0 Å². The number of methoxy groups -OCH3 is 1. The van der Waals surface area contributed by atoms with Crippen molar-refractivity contribution in [2.24, 2.45) is 0 Å². The van der Waals surface area contributed by atoms with Gasteiger partial charge in [-0.2, -0.15) is 4.37 Å². The zero-order chi connectivity index (χ0) is 28.0. The van der Waals surface area contributed by atoms with Crippen LogP contribution in [0, 0.1) is 0 Å². The van der Waals surface area contributed by atoms with E-state index >= 15 is 0 Å². The zero-order valence-corrected chi connectivity index (χ0v) is 24.4. The summed E-state index contributed by atoms with van der Waals surface area (Å²) in [4.78, 5) is 19.1. The van der Waals surface area contributed by atoms with Crippen molar-refractivity contribution in [3.8, 4) is 17.0 Å². The zero-order valence-electron chi connectivity index (χ0n) is 21.4. The lowest BCUT2D eigenvalue weighted by molar-refractivity contribution is 0.00757. The van der Waals surface area contributed by atoms with Gasteiger partial charge in [0.25, 0.3) is 0 Å². The molecule has 1 aliphatic heterocycles. The van der Waals surface area contributed by atoms with E-state index in [4.69, 9.17) is 48.7 Å². The largest absolute Gasteiger partial charge is 0.489 e. The molecule has 7 nitrogen and oxygen atoms in total. The molecule has 40 heavy (non-hydrogen) atoms. The van der Waals surface area contributed by atoms with Gasteiger partial charge in [-0.05, 0) is 60.6 Å². The molecule has 0 spiro atoms. The van der Waals surface area contributed by atoms with Crippen molar-refractivity contribution in [3.05, 3.63) is 91.5 Å². The molecule has 4 aromatic rings. The number of nitrogens with zero attached hydrogens (tertiary/aromatic N) is 3. The number of aliphatic hydroxyl groups is 1. The molecule has 0 radical (unpaired) electrons. The van der Waals surface area contributed by atoms with Gasteiger partial charge < -0.3 is 19.5 Å². The minimum atomic E-state index is -1.15. The molecule has 2 fully saturated rings. The van der Waals surface area contributed by atoms with E-state index in [1.54, 1.807) is 42.6 Å². The van der Waals surface area contributed by atoms with Gasteiger partial charge in [0.1, 0.15) is 18.0 Å². The molecule has 1 aliphatic carbocycles. The molecule has 206 valence electrons. The summed E-state index contributed by atoms with van der Waals surface area (Å²) in [5.74, 6) is 0.595. The maximum atomic E-state index is 11.8. The van der Waals surface area contributed by atoms with Crippen LogP contribution in [0.1, 0.15) is 45.1 Å². The highest BCUT2D eigenvalue weighted by atomic mass is 35.5. The molecule has 2 aliphatic rings. The number of pyridine rings is 1. The molecular weight excluding hydrogens is 593 g/mol. The first kappa shape index (κ1) is 27.3. The standard InChI is InChI=1S/C29H24Cl3N3O4S/c1-38-28(36)17-9-18(12-33-11-17)35-14-29(37,15-35)21-8-7-19(10-24(21)32)39-13-20-26(34-40-27(20)16-5-6-16)25-22(30)3-2-4-23(25)31/h2-4,7-12,16,37H,5-6,13-15H2,1H3. The fraction of sp³-hybridized carbons (Fsp3) is 0.276. The van der Waals surface area contributed by atoms with Crippen molar-refractivity contribution in [3.63, 3.8) is 0 Å². The molecule has 2 aromatic heterocycles. The van der Waals surface area contributed by atoms with Crippen molar-refractivity contribution in [1.29, 1.82) is 0 Å². The predicted octanol–water partition coefficient (Wildman–Crippen LogP) is 7.12. The molecule has 6 rings (SSSR count). The molecule has 3 heterocycles. The Morgan fingerprint density at radius 3 is 2.52 bits per heavy atom. The third-order valence-corrected chi connectivity index (χ3v) is 9.20. The molecule has 0 atom stereocenters. The fourth-order valence-corrected chi connectivity index (χ4v) is 6.90. The summed E-state index contributed by atoms with van der Waals surface area (Å²) in [6, 6.07) is 12.4. The highest BCUT2D eigenvalue weighted by Gasteiger charge is 2.44.